The molecule has 0 radical (unpaired) electrons. The number of carbonyl (C=O) groups is 1. The van der Waals surface area contributed by atoms with Crippen LogP contribution in [0.1, 0.15) is 33.6 Å². The van der Waals surface area contributed by atoms with Crippen molar-refractivity contribution in [2.24, 2.45) is 0 Å². The minimum Gasteiger partial charge on any atom is -0.444 e. The summed E-state index contributed by atoms with van der Waals surface area (Å²) in [5.41, 5.74) is -0.498. The maximum absolute atomic E-state index is 11.3. The van der Waals surface area contributed by atoms with Crippen molar-refractivity contribution in [2.75, 3.05) is 5.75 Å². The molecule has 0 bridgehead atoms. The Hall–Kier alpha value is -0.380. The Bertz CT molecular complexity index is 206. The second-order valence-corrected chi connectivity index (χ2v) is 4.88. The maximum atomic E-state index is 11.3. The average Bonchev–Trinajstić information content (AvgIpc) is 2.65. The van der Waals surface area contributed by atoms with Gasteiger partial charge in [-0.15, -0.1) is 0 Å². The van der Waals surface area contributed by atoms with Crippen molar-refractivity contribution >= 4 is 18.7 Å². The van der Waals surface area contributed by atoms with E-state index in [1.54, 1.807) is 0 Å². The van der Waals surface area contributed by atoms with Gasteiger partial charge in [0, 0.05) is 5.75 Å². The lowest BCUT2D eigenvalue weighted by Crippen LogP contribution is -2.41. The summed E-state index contributed by atoms with van der Waals surface area (Å²) in [4.78, 5) is 11.3. The van der Waals surface area contributed by atoms with E-state index in [0.29, 0.717) is 5.75 Å². The molecule has 3 nitrogen and oxygen atoms in total. The van der Waals surface area contributed by atoms with Crippen LogP contribution in [0.2, 0.25) is 0 Å². The van der Waals surface area contributed by atoms with Crippen LogP contribution in [0.3, 0.4) is 0 Å². The van der Waals surface area contributed by atoms with Crippen LogP contribution in [0, 0.1) is 0 Å². The van der Waals surface area contributed by atoms with Crippen molar-refractivity contribution in [1.82, 2.24) is 5.32 Å². The van der Waals surface area contributed by atoms with E-state index >= 15 is 0 Å². The molecule has 4 heteroatoms. The molecule has 0 unspecified atom stereocenters. The SMILES string of the molecule is CC(C)(C)OC(=O)NC1(CS)CC1. The van der Waals surface area contributed by atoms with Crippen molar-refractivity contribution in [3.05, 3.63) is 0 Å². The zero-order valence-corrected chi connectivity index (χ0v) is 9.28. The standard InChI is InChI=1S/C9H17NO2S/c1-8(2,3)12-7(11)10-9(6-13)4-5-9/h13H,4-6H2,1-3H3,(H,10,11). The molecular weight excluding hydrogens is 186 g/mol. The molecule has 0 aliphatic heterocycles. The third kappa shape index (κ3) is 3.46. The Morgan fingerprint density at radius 1 is 1.54 bits per heavy atom. The average molecular weight is 203 g/mol. The van der Waals surface area contributed by atoms with Gasteiger partial charge in [0.1, 0.15) is 5.60 Å². The summed E-state index contributed by atoms with van der Waals surface area (Å²) in [6.07, 6.45) is 1.69. The van der Waals surface area contributed by atoms with Crippen molar-refractivity contribution in [2.45, 2.75) is 44.8 Å². The first-order valence-corrected chi connectivity index (χ1v) is 5.12. The fraction of sp³-hybridized carbons (Fsp3) is 0.889. The summed E-state index contributed by atoms with van der Waals surface area (Å²) in [6, 6.07) is 0. The first-order valence-electron chi connectivity index (χ1n) is 4.49. The molecule has 0 atom stereocenters. The Kier molecular flexibility index (Phi) is 2.80. The summed E-state index contributed by atoms with van der Waals surface area (Å²) < 4.78 is 5.13. The minimum absolute atomic E-state index is 0.0779. The normalized spacial score (nSPS) is 19.4. The van der Waals surface area contributed by atoms with Gasteiger partial charge in [-0.1, -0.05) is 0 Å². The summed E-state index contributed by atoms with van der Waals surface area (Å²) in [6.45, 7) is 5.56. The molecule has 1 amide bonds. The van der Waals surface area contributed by atoms with Gasteiger partial charge in [-0.05, 0) is 33.6 Å². The van der Waals surface area contributed by atoms with Gasteiger partial charge in [-0.3, -0.25) is 0 Å². The third-order valence-corrected chi connectivity index (χ3v) is 2.53. The predicted molar refractivity (Wildman–Crippen MR) is 55.2 cm³/mol. The van der Waals surface area contributed by atoms with E-state index in [1.807, 2.05) is 20.8 Å². The summed E-state index contributed by atoms with van der Waals surface area (Å²) >= 11 is 4.18. The van der Waals surface area contributed by atoms with Crippen LogP contribution in [-0.2, 0) is 4.74 Å². The Labute approximate surface area is 84.6 Å². The highest BCUT2D eigenvalue weighted by molar-refractivity contribution is 7.80. The fourth-order valence-electron chi connectivity index (χ4n) is 0.994. The van der Waals surface area contributed by atoms with Crippen LogP contribution < -0.4 is 5.32 Å². The second kappa shape index (κ2) is 3.40. The molecule has 0 aromatic rings. The van der Waals surface area contributed by atoms with E-state index in [2.05, 4.69) is 17.9 Å². The van der Waals surface area contributed by atoms with Crippen molar-refractivity contribution in [1.29, 1.82) is 0 Å². The van der Waals surface area contributed by atoms with E-state index in [1.165, 1.54) is 0 Å². The van der Waals surface area contributed by atoms with Crippen LogP contribution in [0.4, 0.5) is 4.79 Å². The molecule has 0 spiro atoms. The summed E-state index contributed by atoms with van der Waals surface area (Å²) in [5.74, 6) is 0.687. The van der Waals surface area contributed by atoms with Crippen molar-refractivity contribution in [3.63, 3.8) is 0 Å². The number of thiol groups is 1. The smallest absolute Gasteiger partial charge is 0.408 e. The summed E-state index contributed by atoms with van der Waals surface area (Å²) in [5, 5.41) is 2.84. The minimum atomic E-state index is -0.420. The molecule has 1 rings (SSSR count). The lowest BCUT2D eigenvalue weighted by Gasteiger charge is -2.22. The van der Waals surface area contributed by atoms with Crippen molar-refractivity contribution < 1.29 is 9.53 Å². The van der Waals surface area contributed by atoms with Crippen LogP contribution in [0.15, 0.2) is 0 Å². The van der Waals surface area contributed by atoms with Gasteiger partial charge in [0.25, 0.3) is 0 Å². The number of nitrogens with one attached hydrogen (secondary N) is 1. The van der Waals surface area contributed by atoms with Gasteiger partial charge in [0.15, 0.2) is 0 Å². The van der Waals surface area contributed by atoms with Gasteiger partial charge >= 0.3 is 6.09 Å². The number of rotatable bonds is 2. The molecule has 0 aromatic carbocycles. The molecular formula is C9H17NO2S. The molecule has 76 valence electrons. The third-order valence-electron chi connectivity index (χ3n) is 1.92. The molecule has 1 N–H and O–H groups in total. The van der Waals surface area contributed by atoms with E-state index < -0.39 is 5.60 Å². The van der Waals surface area contributed by atoms with Gasteiger partial charge in [-0.2, -0.15) is 12.6 Å². The Morgan fingerprint density at radius 2 is 2.08 bits per heavy atom. The molecule has 1 aliphatic carbocycles. The molecule has 0 aromatic heterocycles. The highest BCUT2D eigenvalue weighted by Crippen LogP contribution is 2.36. The van der Waals surface area contributed by atoms with Crippen LogP contribution >= 0.6 is 12.6 Å². The quantitative estimate of drug-likeness (QED) is 0.673. The molecule has 1 aliphatic rings. The highest BCUT2D eigenvalue weighted by atomic mass is 32.1. The van der Waals surface area contributed by atoms with E-state index in [0.717, 1.165) is 12.8 Å². The number of carbonyl (C=O) groups excluding carboxylic acids is 1. The summed E-state index contributed by atoms with van der Waals surface area (Å²) in [7, 11) is 0. The Morgan fingerprint density at radius 3 is 2.38 bits per heavy atom. The zero-order valence-electron chi connectivity index (χ0n) is 8.39. The van der Waals surface area contributed by atoms with Crippen molar-refractivity contribution in [3.8, 4) is 0 Å². The van der Waals surface area contributed by atoms with Gasteiger partial charge < -0.3 is 10.1 Å². The van der Waals surface area contributed by atoms with Crippen LogP contribution in [0.5, 0.6) is 0 Å². The number of hydrogen-bond donors (Lipinski definition) is 2. The number of ether oxygens (including phenoxy) is 1. The first kappa shape index (κ1) is 10.7. The number of hydrogen-bond acceptors (Lipinski definition) is 3. The lowest BCUT2D eigenvalue weighted by atomic mass is 10.2. The number of alkyl carbamates (subject to hydrolysis) is 1. The maximum Gasteiger partial charge on any atom is 0.408 e. The molecule has 1 saturated carbocycles. The monoisotopic (exact) mass is 203 g/mol. The van der Waals surface area contributed by atoms with Gasteiger partial charge in [0.05, 0.1) is 5.54 Å². The van der Waals surface area contributed by atoms with Crippen LogP contribution in [0.25, 0.3) is 0 Å². The molecule has 1 fully saturated rings. The lowest BCUT2D eigenvalue weighted by molar-refractivity contribution is 0.0503. The van der Waals surface area contributed by atoms with Gasteiger partial charge in [0.2, 0.25) is 0 Å². The number of amides is 1. The second-order valence-electron chi connectivity index (χ2n) is 4.57. The van der Waals surface area contributed by atoms with E-state index in [4.69, 9.17) is 4.74 Å². The highest BCUT2D eigenvalue weighted by Gasteiger charge is 2.43. The van der Waals surface area contributed by atoms with Crippen LogP contribution in [-0.4, -0.2) is 23.0 Å². The zero-order chi connectivity index (χ0) is 10.1. The largest absolute Gasteiger partial charge is 0.444 e. The predicted octanol–water partition coefficient (Wildman–Crippen LogP) is 1.97. The fourth-order valence-corrected chi connectivity index (χ4v) is 1.39. The van der Waals surface area contributed by atoms with E-state index in [-0.39, 0.29) is 11.6 Å². The molecule has 0 saturated heterocycles. The topological polar surface area (TPSA) is 38.3 Å². The molecule has 13 heavy (non-hydrogen) atoms. The van der Waals surface area contributed by atoms with Gasteiger partial charge in [-0.25, -0.2) is 4.79 Å². The van der Waals surface area contributed by atoms with E-state index in [9.17, 15) is 4.79 Å². The first-order chi connectivity index (χ1) is 5.87. The Balaban J connectivity index is 2.34. The molecule has 0 heterocycles.